The number of nitrogens with zero attached hydrogens (tertiary/aromatic N) is 4. The minimum absolute atomic E-state index is 0.0544. The third-order valence-corrected chi connectivity index (χ3v) is 5.58. The van der Waals surface area contributed by atoms with Crippen LogP contribution in [0.25, 0.3) is 11.3 Å². The molecule has 3 aromatic rings. The zero-order valence-corrected chi connectivity index (χ0v) is 16.6. The SMILES string of the molecule is CN(C(=O)n1cnc(-c2cccnc2)c1)C1CCC(OCc2ccccc2)CC1. The molecule has 0 N–H and O–H groups in total. The maximum absolute atomic E-state index is 12.9. The number of carbonyl (C=O) groups is 1. The van der Waals surface area contributed by atoms with E-state index in [-0.39, 0.29) is 18.2 Å². The van der Waals surface area contributed by atoms with Crippen molar-refractivity contribution >= 4 is 6.03 Å². The molecule has 0 unspecified atom stereocenters. The molecule has 6 nitrogen and oxygen atoms in total. The molecule has 2 aromatic heterocycles. The van der Waals surface area contributed by atoms with E-state index < -0.39 is 0 Å². The maximum Gasteiger partial charge on any atom is 0.329 e. The Morgan fingerprint density at radius 2 is 1.93 bits per heavy atom. The molecule has 0 spiro atoms. The quantitative estimate of drug-likeness (QED) is 0.649. The second-order valence-electron chi connectivity index (χ2n) is 7.53. The number of carbonyl (C=O) groups excluding carboxylic acids is 1. The summed E-state index contributed by atoms with van der Waals surface area (Å²) in [6.07, 6.45) is 10.9. The summed E-state index contributed by atoms with van der Waals surface area (Å²) in [6, 6.07) is 14.2. The lowest BCUT2D eigenvalue weighted by Crippen LogP contribution is -2.42. The number of pyridine rings is 1. The smallest absolute Gasteiger partial charge is 0.329 e. The van der Waals surface area contributed by atoms with Crippen molar-refractivity contribution in [2.45, 2.75) is 44.4 Å². The molecule has 1 aliphatic rings. The second-order valence-corrected chi connectivity index (χ2v) is 7.53. The molecular formula is C23H26N4O2. The van der Waals surface area contributed by atoms with Crippen molar-refractivity contribution in [3.05, 3.63) is 72.9 Å². The van der Waals surface area contributed by atoms with Gasteiger partial charge in [0.1, 0.15) is 6.33 Å². The van der Waals surface area contributed by atoms with E-state index in [1.54, 1.807) is 29.5 Å². The van der Waals surface area contributed by atoms with Crippen LogP contribution in [0.15, 0.2) is 67.4 Å². The van der Waals surface area contributed by atoms with Crippen LogP contribution < -0.4 is 0 Å². The normalized spacial score (nSPS) is 19.1. The second kappa shape index (κ2) is 9.01. The lowest BCUT2D eigenvalue weighted by molar-refractivity contribution is 0.00403. The standard InChI is InChI=1S/C23H26N4O2/c1-26(23(28)27-15-22(25-17-27)19-8-5-13-24-14-19)20-9-11-21(12-10-20)29-16-18-6-3-2-4-7-18/h2-8,13-15,17,20-21H,9-12,16H2,1H3. The Kier molecular flexibility index (Phi) is 6.00. The summed E-state index contributed by atoms with van der Waals surface area (Å²) in [5.74, 6) is 0. The highest BCUT2D eigenvalue weighted by Gasteiger charge is 2.27. The molecule has 1 fully saturated rings. The number of hydrogen-bond acceptors (Lipinski definition) is 4. The molecule has 1 aliphatic carbocycles. The molecular weight excluding hydrogens is 364 g/mol. The monoisotopic (exact) mass is 390 g/mol. The summed E-state index contributed by atoms with van der Waals surface area (Å²) in [7, 11) is 1.88. The van der Waals surface area contributed by atoms with Crippen LogP contribution in [0.3, 0.4) is 0 Å². The molecule has 6 heteroatoms. The van der Waals surface area contributed by atoms with E-state index >= 15 is 0 Å². The summed E-state index contributed by atoms with van der Waals surface area (Å²) >= 11 is 0. The van der Waals surface area contributed by atoms with Crippen LogP contribution in [0.1, 0.15) is 31.2 Å². The predicted molar refractivity (Wildman–Crippen MR) is 111 cm³/mol. The van der Waals surface area contributed by atoms with Gasteiger partial charge in [-0.05, 0) is 43.4 Å². The summed E-state index contributed by atoms with van der Waals surface area (Å²) in [5.41, 5.74) is 2.85. The Balaban J connectivity index is 1.29. The van der Waals surface area contributed by atoms with Crippen molar-refractivity contribution in [3.8, 4) is 11.3 Å². The number of ether oxygens (including phenoxy) is 1. The summed E-state index contributed by atoms with van der Waals surface area (Å²) < 4.78 is 7.63. The van der Waals surface area contributed by atoms with Gasteiger partial charge in [-0.3, -0.25) is 9.55 Å². The van der Waals surface area contributed by atoms with Gasteiger partial charge in [0.15, 0.2) is 0 Å². The largest absolute Gasteiger partial charge is 0.374 e. The van der Waals surface area contributed by atoms with Gasteiger partial charge < -0.3 is 9.64 Å². The predicted octanol–water partition coefficient (Wildman–Crippen LogP) is 4.37. The van der Waals surface area contributed by atoms with Crippen molar-refractivity contribution < 1.29 is 9.53 Å². The summed E-state index contributed by atoms with van der Waals surface area (Å²) in [5, 5.41) is 0. The van der Waals surface area contributed by atoms with Gasteiger partial charge in [0.2, 0.25) is 0 Å². The topological polar surface area (TPSA) is 60.2 Å². The first-order valence-corrected chi connectivity index (χ1v) is 10.1. The van der Waals surface area contributed by atoms with Gasteiger partial charge >= 0.3 is 6.03 Å². The van der Waals surface area contributed by atoms with Crippen LogP contribution in [0, 0.1) is 0 Å². The highest BCUT2D eigenvalue weighted by molar-refractivity contribution is 5.78. The number of hydrogen-bond donors (Lipinski definition) is 0. The molecule has 29 heavy (non-hydrogen) atoms. The van der Waals surface area contributed by atoms with Crippen LogP contribution in [-0.2, 0) is 11.3 Å². The summed E-state index contributed by atoms with van der Waals surface area (Å²) in [4.78, 5) is 23.2. The molecule has 0 saturated heterocycles. The number of rotatable bonds is 5. The molecule has 1 amide bonds. The van der Waals surface area contributed by atoms with Gasteiger partial charge in [0, 0.05) is 37.2 Å². The van der Waals surface area contributed by atoms with E-state index in [4.69, 9.17) is 4.74 Å². The molecule has 0 atom stereocenters. The van der Waals surface area contributed by atoms with Crippen LogP contribution >= 0.6 is 0 Å². The van der Waals surface area contributed by atoms with Gasteiger partial charge in [-0.15, -0.1) is 0 Å². The first-order valence-electron chi connectivity index (χ1n) is 10.1. The molecule has 1 aromatic carbocycles. The van der Waals surface area contributed by atoms with Crippen LogP contribution in [0.5, 0.6) is 0 Å². The van der Waals surface area contributed by atoms with Crippen LogP contribution in [0.4, 0.5) is 4.79 Å². The maximum atomic E-state index is 12.9. The lowest BCUT2D eigenvalue weighted by atomic mass is 9.92. The highest BCUT2D eigenvalue weighted by atomic mass is 16.5. The molecule has 0 bridgehead atoms. The minimum Gasteiger partial charge on any atom is -0.374 e. The fourth-order valence-corrected chi connectivity index (χ4v) is 3.82. The molecule has 0 aliphatic heterocycles. The van der Waals surface area contributed by atoms with Crippen LogP contribution in [0.2, 0.25) is 0 Å². The third-order valence-electron chi connectivity index (χ3n) is 5.58. The van der Waals surface area contributed by atoms with E-state index in [9.17, 15) is 4.79 Å². The Morgan fingerprint density at radius 3 is 2.66 bits per heavy atom. The number of benzene rings is 1. The van der Waals surface area contributed by atoms with E-state index in [2.05, 4.69) is 22.1 Å². The zero-order valence-electron chi connectivity index (χ0n) is 16.6. The lowest BCUT2D eigenvalue weighted by Gasteiger charge is -2.34. The zero-order chi connectivity index (χ0) is 20.1. The van der Waals surface area contributed by atoms with E-state index in [1.165, 1.54) is 5.56 Å². The molecule has 1 saturated carbocycles. The average Bonchev–Trinajstić information content (AvgIpc) is 3.29. The fourth-order valence-electron chi connectivity index (χ4n) is 3.82. The molecule has 2 heterocycles. The third kappa shape index (κ3) is 4.71. The van der Waals surface area contributed by atoms with Gasteiger partial charge in [-0.2, -0.15) is 0 Å². The molecule has 4 rings (SSSR count). The fraction of sp³-hybridized carbons (Fsp3) is 0.348. The van der Waals surface area contributed by atoms with Crippen molar-refractivity contribution in [2.75, 3.05) is 7.05 Å². The number of amides is 1. The number of aromatic nitrogens is 3. The van der Waals surface area contributed by atoms with Gasteiger partial charge in [-0.25, -0.2) is 9.78 Å². The van der Waals surface area contributed by atoms with E-state index in [0.29, 0.717) is 6.61 Å². The first-order chi connectivity index (χ1) is 14.2. The first kappa shape index (κ1) is 19.3. The van der Waals surface area contributed by atoms with E-state index in [1.807, 2.05) is 42.3 Å². The summed E-state index contributed by atoms with van der Waals surface area (Å²) in [6.45, 7) is 0.650. The molecule has 0 radical (unpaired) electrons. The van der Waals surface area contributed by atoms with Gasteiger partial charge in [0.05, 0.1) is 18.4 Å². The van der Waals surface area contributed by atoms with E-state index in [0.717, 1.165) is 36.9 Å². The van der Waals surface area contributed by atoms with Gasteiger partial charge in [0.25, 0.3) is 0 Å². The minimum atomic E-state index is -0.0544. The van der Waals surface area contributed by atoms with Gasteiger partial charge in [-0.1, -0.05) is 30.3 Å². The Labute approximate surface area is 171 Å². The molecule has 150 valence electrons. The number of imidazole rings is 1. The Hall–Kier alpha value is -2.99. The Bertz CT molecular complexity index is 918. The van der Waals surface area contributed by atoms with Crippen molar-refractivity contribution in [1.82, 2.24) is 19.4 Å². The van der Waals surface area contributed by atoms with Crippen LogP contribution in [-0.4, -0.2) is 44.7 Å². The average molecular weight is 390 g/mol. The Morgan fingerprint density at radius 1 is 1.14 bits per heavy atom. The van der Waals surface area contributed by atoms with Crippen molar-refractivity contribution in [3.63, 3.8) is 0 Å². The van der Waals surface area contributed by atoms with Crippen molar-refractivity contribution in [1.29, 1.82) is 0 Å². The highest BCUT2D eigenvalue weighted by Crippen LogP contribution is 2.26. The van der Waals surface area contributed by atoms with Crippen molar-refractivity contribution in [2.24, 2.45) is 0 Å².